The Balaban J connectivity index is 2.03. The maximum atomic E-state index is 12.2. The molecule has 0 spiro atoms. The van der Waals surface area contributed by atoms with Crippen molar-refractivity contribution < 1.29 is 14.7 Å². The Hall–Kier alpha value is -1.94. The van der Waals surface area contributed by atoms with Crippen LogP contribution in [-0.2, 0) is 4.79 Å². The lowest BCUT2D eigenvalue weighted by Gasteiger charge is -2.24. The minimum absolute atomic E-state index is 0.0414. The van der Waals surface area contributed by atoms with E-state index in [9.17, 15) is 9.59 Å². The summed E-state index contributed by atoms with van der Waals surface area (Å²) in [5.41, 5.74) is 3.33. The van der Waals surface area contributed by atoms with Crippen molar-refractivity contribution in [2.45, 2.75) is 20.3 Å². The van der Waals surface area contributed by atoms with E-state index in [1.165, 1.54) is 0 Å². The third-order valence-corrected chi connectivity index (χ3v) is 3.70. The number of benzene rings is 1. The highest BCUT2D eigenvalue weighted by atomic mass is 16.4. The van der Waals surface area contributed by atoms with E-state index in [0.717, 1.165) is 17.7 Å². The summed E-state index contributed by atoms with van der Waals surface area (Å²) in [5.74, 6) is -0.854. The van der Waals surface area contributed by atoms with Crippen molar-refractivity contribution in [2.75, 3.05) is 19.6 Å². The molecule has 2 rings (SSSR count). The monoisotopic (exact) mass is 273 g/mol. The Bertz CT molecular complexity index is 575. The summed E-state index contributed by atoms with van der Waals surface area (Å²) in [6, 6.07) is 5.68. The molecule has 1 heterocycles. The maximum absolute atomic E-state index is 12.2. The van der Waals surface area contributed by atoms with Crippen molar-refractivity contribution in [2.24, 2.45) is 0 Å². The van der Waals surface area contributed by atoms with Crippen LogP contribution >= 0.6 is 0 Å². The SMILES string of the molecule is Cc1ccc(C(=O)CN2CCC=C(C(=O)O)C2)cc1C. The third-order valence-electron chi connectivity index (χ3n) is 3.70. The zero-order valence-electron chi connectivity index (χ0n) is 11.8. The second kappa shape index (κ2) is 6.01. The Labute approximate surface area is 118 Å². The molecular weight excluding hydrogens is 254 g/mol. The highest BCUT2D eigenvalue weighted by molar-refractivity contribution is 5.98. The van der Waals surface area contributed by atoms with Gasteiger partial charge in [-0.3, -0.25) is 9.69 Å². The van der Waals surface area contributed by atoms with Gasteiger partial charge in [0.05, 0.1) is 6.54 Å². The molecule has 1 aromatic rings. The molecule has 0 atom stereocenters. The van der Waals surface area contributed by atoms with Crippen LogP contribution in [0.5, 0.6) is 0 Å². The van der Waals surface area contributed by atoms with E-state index in [2.05, 4.69) is 0 Å². The standard InChI is InChI=1S/C16H19NO3/c1-11-5-6-13(8-12(11)2)15(18)10-17-7-3-4-14(9-17)16(19)20/h4-6,8H,3,7,9-10H2,1-2H3,(H,19,20). The van der Waals surface area contributed by atoms with Crippen molar-refractivity contribution in [3.05, 3.63) is 46.5 Å². The van der Waals surface area contributed by atoms with Gasteiger partial charge in [-0.15, -0.1) is 0 Å². The summed E-state index contributed by atoms with van der Waals surface area (Å²) in [6.07, 6.45) is 2.42. The minimum Gasteiger partial charge on any atom is -0.478 e. The number of carbonyl (C=O) groups is 2. The third kappa shape index (κ3) is 3.33. The van der Waals surface area contributed by atoms with Gasteiger partial charge in [-0.2, -0.15) is 0 Å². The number of nitrogens with zero attached hydrogens (tertiary/aromatic N) is 1. The molecule has 1 N–H and O–H groups in total. The van der Waals surface area contributed by atoms with Gasteiger partial charge in [0.25, 0.3) is 0 Å². The summed E-state index contributed by atoms with van der Waals surface area (Å²) in [4.78, 5) is 25.1. The summed E-state index contributed by atoms with van der Waals surface area (Å²) in [5, 5.41) is 8.99. The molecule has 0 saturated heterocycles. The number of ketones is 1. The van der Waals surface area contributed by atoms with Gasteiger partial charge < -0.3 is 5.11 Å². The molecule has 0 bridgehead atoms. The lowest BCUT2D eigenvalue weighted by molar-refractivity contribution is -0.133. The van der Waals surface area contributed by atoms with Crippen LogP contribution < -0.4 is 0 Å². The second-order valence-corrected chi connectivity index (χ2v) is 5.26. The predicted octanol–water partition coefficient (Wildman–Crippen LogP) is 2.20. The van der Waals surface area contributed by atoms with E-state index in [1.54, 1.807) is 6.08 Å². The molecule has 1 aliphatic rings. The number of rotatable bonds is 4. The number of hydrogen-bond acceptors (Lipinski definition) is 3. The quantitative estimate of drug-likeness (QED) is 0.854. The smallest absolute Gasteiger partial charge is 0.332 e. The normalized spacial score (nSPS) is 15.8. The van der Waals surface area contributed by atoms with Crippen LogP contribution in [0.3, 0.4) is 0 Å². The Kier molecular flexibility index (Phi) is 4.35. The number of aliphatic carboxylic acids is 1. The van der Waals surface area contributed by atoms with Crippen LogP contribution in [0, 0.1) is 13.8 Å². The first kappa shape index (κ1) is 14.5. The second-order valence-electron chi connectivity index (χ2n) is 5.26. The van der Waals surface area contributed by atoms with E-state index < -0.39 is 5.97 Å². The summed E-state index contributed by atoms with van der Waals surface area (Å²) in [6.45, 7) is 5.34. The molecule has 106 valence electrons. The Morgan fingerprint density at radius 3 is 2.65 bits per heavy atom. The summed E-state index contributed by atoms with van der Waals surface area (Å²) >= 11 is 0. The zero-order valence-corrected chi connectivity index (χ0v) is 11.8. The van der Waals surface area contributed by atoms with Crippen molar-refractivity contribution in [3.8, 4) is 0 Å². The van der Waals surface area contributed by atoms with Crippen molar-refractivity contribution in [1.29, 1.82) is 0 Å². The van der Waals surface area contributed by atoms with Crippen molar-refractivity contribution in [1.82, 2.24) is 4.90 Å². The van der Waals surface area contributed by atoms with Gasteiger partial charge in [0, 0.05) is 24.2 Å². The van der Waals surface area contributed by atoms with E-state index in [-0.39, 0.29) is 12.3 Å². The maximum Gasteiger partial charge on any atom is 0.332 e. The highest BCUT2D eigenvalue weighted by Gasteiger charge is 2.20. The fourth-order valence-electron chi connectivity index (χ4n) is 2.31. The highest BCUT2D eigenvalue weighted by Crippen LogP contribution is 2.13. The predicted molar refractivity (Wildman–Crippen MR) is 77.0 cm³/mol. The average Bonchev–Trinajstić information content (AvgIpc) is 2.42. The number of hydrogen-bond donors (Lipinski definition) is 1. The fraction of sp³-hybridized carbons (Fsp3) is 0.375. The van der Waals surface area contributed by atoms with Crippen LogP contribution in [0.4, 0.5) is 0 Å². The Morgan fingerprint density at radius 2 is 2.00 bits per heavy atom. The lowest BCUT2D eigenvalue weighted by Crippen LogP contribution is -2.36. The van der Waals surface area contributed by atoms with Gasteiger partial charge in [-0.05, 0) is 37.5 Å². The molecular formula is C16H19NO3. The first-order chi connectivity index (χ1) is 9.47. The number of carboxylic acids is 1. The van der Waals surface area contributed by atoms with Crippen LogP contribution in [0.2, 0.25) is 0 Å². The Morgan fingerprint density at radius 1 is 1.25 bits per heavy atom. The summed E-state index contributed by atoms with van der Waals surface area (Å²) in [7, 11) is 0. The fourth-order valence-corrected chi connectivity index (χ4v) is 2.31. The number of carboxylic acid groups (broad SMARTS) is 1. The topological polar surface area (TPSA) is 57.6 Å². The van der Waals surface area contributed by atoms with Gasteiger partial charge >= 0.3 is 5.97 Å². The van der Waals surface area contributed by atoms with E-state index >= 15 is 0 Å². The van der Waals surface area contributed by atoms with Gasteiger partial charge in [-0.25, -0.2) is 4.79 Å². The van der Waals surface area contributed by atoms with E-state index in [1.807, 2.05) is 36.9 Å². The first-order valence-corrected chi connectivity index (χ1v) is 6.72. The molecule has 4 nitrogen and oxygen atoms in total. The van der Waals surface area contributed by atoms with Gasteiger partial charge in [0.15, 0.2) is 5.78 Å². The first-order valence-electron chi connectivity index (χ1n) is 6.72. The molecule has 1 aliphatic heterocycles. The van der Waals surface area contributed by atoms with E-state index in [4.69, 9.17) is 5.11 Å². The van der Waals surface area contributed by atoms with Crippen LogP contribution in [-0.4, -0.2) is 41.4 Å². The van der Waals surface area contributed by atoms with Crippen LogP contribution in [0.1, 0.15) is 27.9 Å². The number of Topliss-reactive ketones (excluding diaryl/α,β-unsaturated/α-hetero) is 1. The van der Waals surface area contributed by atoms with Crippen LogP contribution in [0.25, 0.3) is 0 Å². The van der Waals surface area contributed by atoms with Crippen molar-refractivity contribution >= 4 is 11.8 Å². The molecule has 4 heteroatoms. The zero-order chi connectivity index (χ0) is 14.7. The van der Waals surface area contributed by atoms with Crippen molar-refractivity contribution in [3.63, 3.8) is 0 Å². The summed E-state index contributed by atoms with van der Waals surface area (Å²) < 4.78 is 0. The lowest BCUT2D eigenvalue weighted by atomic mass is 10.0. The molecule has 0 aromatic heterocycles. The molecule has 0 saturated carbocycles. The molecule has 0 fully saturated rings. The largest absolute Gasteiger partial charge is 0.478 e. The molecule has 0 amide bonds. The number of carbonyl (C=O) groups excluding carboxylic acids is 1. The van der Waals surface area contributed by atoms with E-state index in [0.29, 0.717) is 24.1 Å². The van der Waals surface area contributed by atoms with Crippen LogP contribution in [0.15, 0.2) is 29.8 Å². The number of aryl methyl sites for hydroxylation is 2. The molecule has 0 unspecified atom stereocenters. The van der Waals surface area contributed by atoms with Gasteiger partial charge in [-0.1, -0.05) is 18.2 Å². The molecule has 0 aliphatic carbocycles. The average molecular weight is 273 g/mol. The molecule has 20 heavy (non-hydrogen) atoms. The van der Waals surface area contributed by atoms with Gasteiger partial charge in [0.1, 0.15) is 0 Å². The minimum atomic E-state index is -0.895. The molecule has 0 radical (unpaired) electrons. The molecule has 1 aromatic carbocycles. The van der Waals surface area contributed by atoms with Gasteiger partial charge in [0.2, 0.25) is 0 Å².